The number of anilines is 1. The Morgan fingerprint density at radius 1 is 1.38 bits per heavy atom. The lowest BCUT2D eigenvalue weighted by Gasteiger charge is -2.18. The average Bonchev–Trinajstić information content (AvgIpc) is 2.57. The molecule has 1 heterocycles. The second kappa shape index (κ2) is 6.50. The monoisotopic (exact) mass is 286 g/mol. The van der Waals surface area contributed by atoms with Crippen LogP contribution >= 0.6 is 36.4 Å². The first-order valence-corrected chi connectivity index (χ1v) is 5.00. The van der Waals surface area contributed by atoms with Gasteiger partial charge in [-0.2, -0.15) is 0 Å². The molecule has 0 spiro atoms. The van der Waals surface area contributed by atoms with Crippen molar-refractivity contribution in [2.75, 3.05) is 18.0 Å². The van der Waals surface area contributed by atoms with Gasteiger partial charge in [-0.1, -0.05) is 11.6 Å². The molecule has 1 aliphatic heterocycles. The van der Waals surface area contributed by atoms with Gasteiger partial charge in [-0.05, 0) is 24.6 Å². The predicted molar refractivity (Wildman–Crippen MR) is 70.7 cm³/mol. The van der Waals surface area contributed by atoms with Crippen molar-refractivity contribution in [2.24, 2.45) is 5.73 Å². The van der Waals surface area contributed by atoms with Gasteiger partial charge in [0.05, 0.1) is 5.02 Å². The van der Waals surface area contributed by atoms with Crippen LogP contribution in [0, 0.1) is 5.82 Å². The Morgan fingerprint density at radius 3 is 2.56 bits per heavy atom. The summed E-state index contributed by atoms with van der Waals surface area (Å²) in [6.07, 6.45) is 0.981. The predicted octanol–water partition coefficient (Wildman–Crippen LogP) is 2.86. The van der Waals surface area contributed by atoms with E-state index >= 15 is 0 Å². The van der Waals surface area contributed by atoms with Crippen LogP contribution in [0.5, 0.6) is 0 Å². The Morgan fingerprint density at radius 2 is 2.06 bits per heavy atom. The third kappa shape index (κ3) is 3.39. The SMILES string of the molecule is Cl.Cl.NC1CCN(c2ccc(F)c(Cl)c2)C1. The van der Waals surface area contributed by atoms with Crippen molar-refractivity contribution in [1.29, 1.82) is 0 Å². The molecule has 1 aliphatic rings. The molecule has 0 aliphatic carbocycles. The Labute approximate surface area is 112 Å². The maximum atomic E-state index is 12.9. The van der Waals surface area contributed by atoms with E-state index in [-0.39, 0.29) is 41.7 Å². The molecule has 1 aromatic rings. The highest BCUT2D eigenvalue weighted by atomic mass is 35.5. The van der Waals surface area contributed by atoms with E-state index < -0.39 is 0 Å². The van der Waals surface area contributed by atoms with Crippen molar-refractivity contribution in [2.45, 2.75) is 12.5 Å². The Balaban J connectivity index is 0.00000112. The van der Waals surface area contributed by atoms with Gasteiger partial charge in [0.1, 0.15) is 5.82 Å². The quantitative estimate of drug-likeness (QED) is 0.860. The lowest BCUT2D eigenvalue weighted by molar-refractivity contribution is 0.628. The molecule has 2 N–H and O–H groups in total. The minimum atomic E-state index is -0.376. The van der Waals surface area contributed by atoms with Crippen LogP contribution in [0.4, 0.5) is 10.1 Å². The number of nitrogens with zero attached hydrogens (tertiary/aromatic N) is 1. The molecule has 1 atom stereocenters. The van der Waals surface area contributed by atoms with Gasteiger partial charge < -0.3 is 10.6 Å². The summed E-state index contributed by atoms with van der Waals surface area (Å²) in [7, 11) is 0. The van der Waals surface area contributed by atoms with Crippen LogP contribution in [0.2, 0.25) is 5.02 Å². The van der Waals surface area contributed by atoms with Gasteiger partial charge in [-0.15, -0.1) is 24.8 Å². The highest BCUT2D eigenvalue weighted by molar-refractivity contribution is 6.31. The fourth-order valence-corrected chi connectivity index (χ4v) is 1.88. The molecule has 0 saturated carbocycles. The van der Waals surface area contributed by atoms with E-state index in [2.05, 4.69) is 4.90 Å². The number of hydrogen-bond acceptors (Lipinski definition) is 2. The minimum absolute atomic E-state index is 0. The van der Waals surface area contributed by atoms with Crippen molar-refractivity contribution in [3.05, 3.63) is 29.0 Å². The summed E-state index contributed by atoms with van der Waals surface area (Å²) in [4.78, 5) is 2.12. The van der Waals surface area contributed by atoms with Crippen LogP contribution in [0.25, 0.3) is 0 Å². The summed E-state index contributed by atoms with van der Waals surface area (Å²) in [5.74, 6) is -0.376. The number of halogens is 4. The van der Waals surface area contributed by atoms with Crippen LogP contribution in [-0.2, 0) is 0 Å². The molecule has 1 unspecified atom stereocenters. The number of benzene rings is 1. The third-order valence-corrected chi connectivity index (χ3v) is 2.78. The van der Waals surface area contributed by atoms with E-state index in [0.717, 1.165) is 25.2 Å². The fourth-order valence-electron chi connectivity index (χ4n) is 1.70. The van der Waals surface area contributed by atoms with Gasteiger partial charge in [0.2, 0.25) is 0 Å². The Hall–Kier alpha value is -0.220. The smallest absolute Gasteiger partial charge is 0.141 e. The fraction of sp³-hybridized carbons (Fsp3) is 0.400. The first-order chi connectivity index (χ1) is 6.66. The summed E-state index contributed by atoms with van der Waals surface area (Å²) in [6, 6.07) is 4.99. The molecular weight excluding hydrogens is 273 g/mol. The van der Waals surface area contributed by atoms with Crippen LogP contribution in [0.15, 0.2) is 18.2 Å². The summed E-state index contributed by atoms with van der Waals surface area (Å²) in [5.41, 5.74) is 6.73. The molecule has 0 bridgehead atoms. The summed E-state index contributed by atoms with van der Waals surface area (Å²) in [6.45, 7) is 1.74. The lowest BCUT2D eigenvalue weighted by Crippen LogP contribution is -2.26. The molecule has 0 radical (unpaired) electrons. The highest BCUT2D eigenvalue weighted by Crippen LogP contribution is 2.24. The molecule has 1 saturated heterocycles. The Bertz CT molecular complexity index is 349. The van der Waals surface area contributed by atoms with Gasteiger partial charge in [-0.25, -0.2) is 4.39 Å². The summed E-state index contributed by atoms with van der Waals surface area (Å²) >= 11 is 5.70. The van der Waals surface area contributed by atoms with Gasteiger partial charge >= 0.3 is 0 Å². The molecule has 92 valence electrons. The lowest BCUT2D eigenvalue weighted by atomic mass is 10.3. The Kier molecular flexibility index (Phi) is 6.41. The zero-order chi connectivity index (χ0) is 10.1. The van der Waals surface area contributed by atoms with Crippen molar-refractivity contribution in [3.8, 4) is 0 Å². The molecule has 2 rings (SSSR count). The number of rotatable bonds is 1. The molecule has 1 fully saturated rings. The standard InChI is InChI=1S/C10H12ClFN2.2ClH/c11-9-5-8(1-2-10(9)12)14-4-3-7(13)6-14;;/h1-2,5,7H,3-4,6,13H2;2*1H. The number of nitrogens with two attached hydrogens (primary N) is 1. The van der Waals surface area contributed by atoms with Crippen molar-refractivity contribution >= 4 is 42.1 Å². The number of hydrogen-bond donors (Lipinski definition) is 1. The average molecular weight is 288 g/mol. The van der Waals surface area contributed by atoms with E-state index in [1.807, 2.05) is 0 Å². The van der Waals surface area contributed by atoms with Crippen LogP contribution in [0.1, 0.15) is 6.42 Å². The highest BCUT2D eigenvalue weighted by Gasteiger charge is 2.19. The van der Waals surface area contributed by atoms with E-state index in [4.69, 9.17) is 17.3 Å². The molecule has 0 amide bonds. The zero-order valence-corrected chi connectivity index (χ0v) is 10.9. The van der Waals surface area contributed by atoms with Gasteiger partial charge in [0.25, 0.3) is 0 Å². The van der Waals surface area contributed by atoms with Crippen molar-refractivity contribution in [3.63, 3.8) is 0 Å². The topological polar surface area (TPSA) is 29.3 Å². The largest absolute Gasteiger partial charge is 0.370 e. The molecule has 6 heteroatoms. The first-order valence-electron chi connectivity index (χ1n) is 4.62. The second-order valence-electron chi connectivity index (χ2n) is 3.59. The van der Waals surface area contributed by atoms with E-state index in [1.54, 1.807) is 12.1 Å². The van der Waals surface area contributed by atoms with Crippen molar-refractivity contribution < 1.29 is 4.39 Å². The van der Waals surface area contributed by atoms with Crippen LogP contribution in [-0.4, -0.2) is 19.1 Å². The van der Waals surface area contributed by atoms with E-state index in [9.17, 15) is 4.39 Å². The van der Waals surface area contributed by atoms with E-state index in [0.29, 0.717) is 0 Å². The first kappa shape index (κ1) is 15.8. The third-order valence-electron chi connectivity index (χ3n) is 2.49. The molecular formula is C10H14Cl3FN2. The minimum Gasteiger partial charge on any atom is -0.370 e. The van der Waals surface area contributed by atoms with Crippen LogP contribution < -0.4 is 10.6 Å². The maximum absolute atomic E-state index is 12.9. The summed E-state index contributed by atoms with van der Waals surface area (Å²) < 4.78 is 12.9. The van der Waals surface area contributed by atoms with Crippen LogP contribution in [0.3, 0.4) is 0 Å². The molecule has 0 aromatic heterocycles. The molecule has 2 nitrogen and oxygen atoms in total. The van der Waals surface area contributed by atoms with Gasteiger partial charge in [0.15, 0.2) is 0 Å². The maximum Gasteiger partial charge on any atom is 0.141 e. The van der Waals surface area contributed by atoms with Gasteiger partial charge in [-0.3, -0.25) is 0 Å². The zero-order valence-electron chi connectivity index (χ0n) is 8.53. The molecule has 1 aromatic carbocycles. The molecule has 16 heavy (non-hydrogen) atoms. The normalized spacial score (nSPS) is 18.9. The second-order valence-corrected chi connectivity index (χ2v) is 4.00. The van der Waals surface area contributed by atoms with Gasteiger partial charge in [0, 0.05) is 24.8 Å². The van der Waals surface area contributed by atoms with Crippen molar-refractivity contribution in [1.82, 2.24) is 0 Å². The van der Waals surface area contributed by atoms with E-state index in [1.165, 1.54) is 6.07 Å². The summed E-state index contributed by atoms with van der Waals surface area (Å²) in [5, 5.41) is 0.169.